The van der Waals surface area contributed by atoms with Crippen molar-refractivity contribution in [2.45, 2.75) is 31.5 Å². The van der Waals surface area contributed by atoms with Crippen molar-refractivity contribution < 1.29 is 18.4 Å². The molecule has 0 bridgehead atoms. The van der Waals surface area contributed by atoms with Crippen LogP contribution in [0, 0.1) is 5.82 Å². The Labute approximate surface area is 208 Å². The van der Waals surface area contributed by atoms with Gasteiger partial charge in [0.2, 0.25) is 0 Å². The van der Waals surface area contributed by atoms with Crippen LogP contribution in [0.3, 0.4) is 0 Å². The van der Waals surface area contributed by atoms with Crippen LogP contribution in [0.25, 0.3) is 11.3 Å². The van der Waals surface area contributed by atoms with E-state index >= 15 is 0 Å². The van der Waals surface area contributed by atoms with Gasteiger partial charge in [-0.25, -0.2) is 13.8 Å². The molecule has 1 atom stereocenters. The van der Waals surface area contributed by atoms with E-state index in [0.717, 1.165) is 31.7 Å². The molecule has 1 aromatic carbocycles. The largest absolute Gasteiger partial charge is 0.356 e. The van der Waals surface area contributed by atoms with Gasteiger partial charge in [-0.15, -0.1) is 0 Å². The quantitative estimate of drug-likeness (QED) is 0.587. The van der Waals surface area contributed by atoms with Gasteiger partial charge in [-0.2, -0.15) is 0 Å². The summed E-state index contributed by atoms with van der Waals surface area (Å²) in [6.07, 6.45) is 4.02. The van der Waals surface area contributed by atoms with Crippen molar-refractivity contribution in [1.29, 1.82) is 0 Å². The molecule has 186 valence electrons. The molecule has 0 radical (unpaired) electrons. The molecule has 2 saturated heterocycles. The van der Waals surface area contributed by atoms with Crippen molar-refractivity contribution in [1.82, 2.24) is 20.2 Å². The highest BCUT2D eigenvalue weighted by molar-refractivity contribution is 5.95. The highest BCUT2D eigenvalue weighted by Gasteiger charge is 2.27. The first-order chi connectivity index (χ1) is 17.5. The van der Waals surface area contributed by atoms with E-state index in [4.69, 9.17) is 0 Å². The van der Waals surface area contributed by atoms with Crippen molar-refractivity contribution in [3.8, 4) is 11.3 Å². The lowest BCUT2D eigenvalue weighted by molar-refractivity contribution is 0.0782. The number of benzene rings is 1. The summed E-state index contributed by atoms with van der Waals surface area (Å²) in [7, 11) is 0. The van der Waals surface area contributed by atoms with E-state index in [1.165, 1.54) is 23.2 Å². The number of hydrogen-bond donors (Lipinski definition) is 1. The number of amides is 2. The van der Waals surface area contributed by atoms with E-state index in [0.29, 0.717) is 35.3 Å². The standard InChI is InChI=1S/C27H27F2N5O2/c28-21-3-1-2-18(14-21)24-6-4-19(15-30-24)26(35)32-23-9-12-33(13-10-23)25-7-5-20(16-31-25)27(36)34-11-8-22(29)17-34/h1-7,14-16,22-23H,8-13,17H2,(H,32,35). The molecule has 1 N–H and O–H groups in total. The Bertz CT molecular complexity index is 1230. The van der Waals surface area contributed by atoms with Crippen LogP contribution in [0.15, 0.2) is 60.9 Å². The van der Waals surface area contributed by atoms with Gasteiger partial charge in [0, 0.05) is 43.6 Å². The van der Waals surface area contributed by atoms with E-state index in [9.17, 15) is 18.4 Å². The summed E-state index contributed by atoms with van der Waals surface area (Å²) < 4.78 is 26.8. The summed E-state index contributed by atoms with van der Waals surface area (Å²) in [5, 5.41) is 3.07. The fourth-order valence-electron chi connectivity index (χ4n) is 4.65. The number of rotatable bonds is 5. The van der Waals surface area contributed by atoms with Crippen LogP contribution in [0.1, 0.15) is 40.0 Å². The first kappa shape index (κ1) is 23.8. The summed E-state index contributed by atoms with van der Waals surface area (Å²) in [6.45, 7) is 2.02. The van der Waals surface area contributed by atoms with E-state index in [-0.39, 0.29) is 30.2 Å². The maximum Gasteiger partial charge on any atom is 0.255 e. The smallest absolute Gasteiger partial charge is 0.255 e. The molecule has 1 unspecified atom stereocenters. The van der Waals surface area contributed by atoms with Gasteiger partial charge >= 0.3 is 0 Å². The van der Waals surface area contributed by atoms with E-state index in [1.807, 2.05) is 6.07 Å². The van der Waals surface area contributed by atoms with Crippen molar-refractivity contribution in [3.63, 3.8) is 0 Å². The van der Waals surface area contributed by atoms with Crippen LogP contribution in [-0.4, -0.2) is 65.1 Å². The number of nitrogens with one attached hydrogen (secondary N) is 1. The Morgan fingerprint density at radius 2 is 1.69 bits per heavy atom. The fraction of sp³-hybridized carbons (Fsp3) is 0.333. The first-order valence-corrected chi connectivity index (χ1v) is 12.1. The highest BCUT2D eigenvalue weighted by Crippen LogP contribution is 2.21. The predicted octanol–water partition coefficient (Wildman–Crippen LogP) is 3.87. The molecule has 0 spiro atoms. The number of likely N-dealkylation sites (tertiary alicyclic amines) is 1. The zero-order valence-electron chi connectivity index (χ0n) is 19.7. The summed E-state index contributed by atoms with van der Waals surface area (Å²) >= 11 is 0. The molecule has 3 aromatic rings. The number of aromatic nitrogens is 2. The van der Waals surface area contributed by atoms with Gasteiger partial charge in [-0.05, 0) is 55.7 Å². The lowest BCUT2D eigenvalue weighted by atomic mass is 10.0. The van der Waals surface area contributed by atoms with Crippen molar-refractivity contribution in [3.05, 3.63) is 77.9 Å². The van der Waals surface area contributed by atoms with Gasteiger partial charge in [0.25, 0.3) is 11.8 Å². The van der Waals surface area contributed by atoms with Crippen LogP contribution < -0.4 is 10.2 Å². The number of piperidine rings is 1. The molecule has 4 heterocycles. The van der Waals surface area contributed by atoms with Gasteiger partial charge in [-0.3, -0.25) is 14.6 Å². The van der Waals surface area contributed by atoms with E-state index < -0.39 is 6.17 Å². The lowest BCUT2D eigenvalue weighted by Crippen LogP contribution is -2.45. The molecular formula is C27H27F2N5O2. The molecule has 2 aliphatic heterocycles. The van der Waals surface area contributed by atoms with Crippen LogP contribution in [-0.2, 0) is 0 Å². The number of hydrogen-bond acceptors (Lipinski definition) is 5. The van der Waals surface area contributed by atoms with Gasteiger partial charge in [0.1, 0.15) is 17.8 Å². The third-order valence-corrected chi connectivity index (χ3v) is 6.71. The Morgan fingerprint density at radius 1 is 0.917 bits per heavy atom. The Balaban J connectivity index is 1.12. The van der Waals surface area contributed by atoms with Crippen LogP contribution in [0.5, 0.6) is 0 Å². The van der Waals surface area contributed by atoms with Gasteiger partial charge in [0.05, 0.1) is 23.4 Å². The molecule has 2 fully saturated rings. The average molecular weight is 492 g/mol. The zero-order chi connectivity index (χ0) is 25.1. The van der Waals surface area contributed by atoms with Crippen LogP contribution in [0.2, 0.25) is 0 Å². The number of alkyl halides is 1. The predicted molar refractivity (Wildman–Crippen MR) is 132 cm³/mol. The SMILES string of the molecule is O=C(NC1CCN(c2ccc(C(=O)N3CCC(F)C3)cn2)CC1)c1ccc(-c2cccc(F)c2)nc1. The molecule has 2 amide bonds. The third-order valence-electron chi connectivity index (χ3n) is 6.71. The monoisotopic (exact) mass is 491 g/mol. The van der Waals surface area contributed by atoms with E-state index in [1.54, 1.807) is 36.5 Å². The molecule has 7 nitrogen and oxygen atoms in total. The second-order valence-corrected chi connectivity index (χ2v) is 9.22. The van der Waals surface area contributed by atoms with Crippen LogP contribution >= 0.6 is 0 Å². The summed E-state index contributed by atoms with van der Waals surface area (Å²) in [5.74, 6) is 0.0675. The number of carbonyl (C=O) groups excluding carboxylic acids is 2. The molecule has 0 aliphatic carbocycles. The maximum atomic E-state index is 13.5. The minimum atomic E-state index is -0.946. The van der Waals surface area contributed by atoms with E-state index in [2.05, 4.69) is 20.2 Å². The summed E-state index contributed by atoms with van der Waals surface area (Å²) in [5.41, 5.74) is 2.18. The number of anilines is 1. The minimum absolute atomic E-state index is 0.0290. The molecule has 36 heavy (non-hydrogen) atoms. The number of pyridine rings is 2. The zero-order valence-corrected chi connectivity index (χ0v) is 19.7. The fourth-order valence-corrected chi connectivity index (χ4v) is 4.65. The van der Waals surface area contributed by atoms with Gasteiger partial charge in [0.15, 0.2) is 0 Å². The van der Waals surface area contributed by atoms with Gasteiger partial charge < -0.3 is 15.1 Å². The molecular weight excluding hydrogens is 464 g/mol. The number of halogens is 2. The van der Waals surface area contributed by atoms with Gasteiger partial charge in [-0.1, -0.05) is 12.1 Å². The Morgan fingerprint density at radius 3 is 2.33 bits per heavy atom. The Hall–Kier alpha value is -3.88. The summed E-state index contributed by atoms with van der Waals surface area (Å²) in [4.78, 5) is 37.6. The van der Waals surface area contributed by atoms with Crippen molar-refractivity contribution in [2.75, 3.05) is 31.1 Å². The number of carbonyl (C=O) groups is 2. The normalized spacial score (nSPS) is 18.3. The van der Waals surface area contributed by atoms with Crippen LogP contribution in [0.4, 0.5) is 14.6 Å². The number of nitrogens with zero attached hydrogens (tertiary/aromatic N) is 4. The van der Waals surface area contributed by atoms with Crippen molar-refractivity contribution in [2.24, 2.45) is 0 Å². The van der Waals surface area contributed by atoms with Crippen molar-refractivity contribution >= 4 is 17.6 Å². The third kappa shape index (κ3) is 5.35. The topological polar surface area (TPSA) is 78.4 Å². The maximum absolute atomic E-state index is 13.5. The first-order valence-electron chi connectivity index (χ1n) is 12.1. The second-order valence-electron chi connectivity index (χ2n) is 9.22. The average Bonchev–Trinajstić information content (AvgIpc) is 3.35. The molecule has 9 heteroatoms. The molecule has 5 rings (SSSR count). The lowest BCUT2D eigenvalue weighted by Gasteiger charge is -2.33. The molecule has 2 aromatic heterocycles. The molecule has 2 aliphatic rings. The minimum Gasteiger partial charge on any atom is -0.356 e. The highest BCUT2D eigenvalue weighted by atomic mass is 19.1. The molecule has 0 saturated carbocycles. The summed E-state index contributed by atoms with van der Waals surface area (Å²) in [6, 6.07) is 13.2. The second kappa shape index (κ2) is 10.4. The Kier molecular flexibility index (Phi) is 6.88.